The number of carbonyl (C=O) groups excluding carboxylic acids is 1. The molecule has 34 heavy (non-hydrogen) atoms. The Morgan fingerprint density at radius 1 is 1.12 bits per heavy atom. The summed E-state index contributed by atoms with van der Waals surface area (Å²) in [6, 6.07) is 6.06. The summed E-state index contributed by atoms with van der Waals surface area (Å²) >= 11 is 0. The molecule has 1 unspecified atom stereocenters. The summed E-state index contributed by atoms with van der Waals surface area (Å²) in [6.45, 7) is 12.4. The molecule has 2 aliphatic rings. The predicted octanol–water partition coefficient (Wildman–Crippen LogP) is 5.60. The summed E-state index contributed by atoms with van der Waals surface area (Å²) in [4.78, 5) is 12.9. The van der Waals surface area contributed by atoms with E-state index in [9.17, 15) is 9.36 Å². The van der Waals surface area contributed by atoms with Gasteiger partial charge in [-0.05, 0) is 74.6 Å². The Kier molecular flexibility index (Phi) is 9.62. The lowest BCUT2D eigenvalue weighted by molar-refractivity contribution is -0.119. The van der Waals surface area contributed by atoms with Crippen molar-refractivity contribution in [2.24, 2.45) is 11.3 Å². The van der Waals surface area contributed by atoms with Crippen molar-refractivity contribution in [3.8, 4) is 5.75 Å². The molecule has 0 saturated heterocycles. The van der Waals surface area contributed by atoms with Crippen molar-refractivity contribution in [1.29, 1.82) is 0 Å². The number of Topliss-reactive ketones (excluding diaryl/α,β-unsaturated/α-hetero) is 1. The molecule has 0 spiro atoms. The Morgan fingerprint density at radius 2 is 1.79 bits per heavy atom. The maximum absolute atomic E-state index is 12.9. The van der Waals surface area contributed by atoms with Gasteiger partial charge in [-0.2, -0.15) is 0 Å². The molecule has 192 valence electrons. The number of carbonyl (C=O) groups is 1. The summed E-state index contributed by atoms with van der Waals surface area (Å²) < 4.78 is 29.5. The van der Waals surface area contributed by atoms with Gasteiger partial charge in [0.15, 0.2) is 5.78 Å². The van der Waals surface area contributed by atoms with Crippen LogP contribution in [-0.2, 0) is 18.4 Å². The Labute approximate surface area is 205 Å². The summed E-state index contributed by atoms with van der Waals surface area (Å²) in [6.07, 6.45) is 5.05. The molecule has 1 aromatic rings. The summed E-state index contributed by atoms with van der Waals surface area (Å²) in [5.41, 5.74) is 2.36. The van der Waals surface area contributed by atoms with E-state index in [2.05, 4.69) is 31.4 Å². The molecule has 8 heteroatoms. The van der Waals surface area contributed by atoms with Gasteiger partial charge >= 0.3 is 7.60 Å². The number of hydrogen-bond donors (Lipinski definition) is 2. The summed E-state index contributed by atoms with van der Waals surface area (Å²) in [5.74, 6) is 1.49. The zero-order valence-corrected chi connectivity index (χ0v) is 22.4. The number of fused-ring (bicyclic) bond motifs is 1. The predicted molar refractivity (Wildman–Crippen MR) is 137 cm³/mol. The van der Waals surface area contributed by atoms with Gasteiger partial charge < -0.3 is 24.4 Å². The lowest BCUT2D eigenvalue weighted by Gasteiger charge is -2.37. The van der Waals surface area contributed by atoms with Crippen molar-refractivity contribution in [3.05, 3.63) is 23.8 Å². The molecule has 1 aliphatic heterocycles. The lowest BCUT2D eigenvalue weighted by Crippen LogP contribution is -2.31. The second kappa shape index (κ2) is 12.0. The van der Waals surface area contributed by atoms with Crippen molar-refractivity contribution in [1.82, 2.24) is 5.32 Å². The molecule has 7 nitrogen and oxygen atoms in total. The maximum Gasteiger partial charge on any atom is 0.331 e. The number of benzene rings is 1. The van der Waals surface area contributed by atoms with Crippen LogP contribution in [0.2, 0.25) is 0 Å². The van der Waals surface area contributed by atoms with E-state index in [1.807, 2.05) is 18.2 Å². The van der Waals surface area contributed by atoms with Gasteiger partial charge in [0.05, 0.1) is 37.9 Å². The first-order chi connectivity index (χ1) is 16.1. The first-order valence-electron chi connectivity index (χ1n) is 12.8. The lowest BCUT2D eigenvalue weighted by atomic mass is 9.72. The third-order valence-corrected chi connectivity index (χ3v) is 9.07. The largest absolute Gasteiger partial charge is 0.490 e. The van der Waals surface area contributed by atoms with Gasteiger partial charge in [-0.25, -0.2) is 0 Å². The third kappa shape index (κ3) is 7.30. The number of hydrogen-bond acceptors (Lipinski definition) is 7. The molecule has 1 aromatic carbocycles. The molecule has 1 atom stereocenters. The molecular formula is C26H43N2O5P. The molecule has 0 radical (unpaired) electrons. The smallest absolute Gasteiger partial charge is 0.331 e. The number of rotatable bonds is 12. The van der Waals surface area contributed by atoms with Gasteiger partial charge in [-0.3, -0.25) is 9.36 Å². The third-order valence-electron chi connectivity index (χ3n) is 7.00. The first kappa shape index (κ1) is 27.2. The minimum atomic E-state index is -3.10. The van der Waals surface area contributed by atoms with Gasteiger partial charge in [-0.1, -0.05) is 20.8 Å². The second-order valence-electron chi connectivity index (χ2n) is 10.5. The van der Waals surface area contributed by atoms with Gasteiger partial charge in [0, 0.05) is 18.8 Å². The van der Waals surface area contributed by atoms with E-state index in [0.29, 0.717) is 31.7 Å². The van der Waals surface area contributed by atoms with Gasteiger partial charge in [0.2, 0.25) is 0 Å². The number of nitrogens with one attached hydrogen (secondary N) is 2. The minimum Gasteiger partial charge on any atom is -0.490 e. The number of ketones is 1. The number of ether oxygens (including phenoxy) is 1. The summed E-state index contributed by atoms with van der Waals surface area (Å²) in [7, 11) is -3.10. The van der Waals surface area contributed by atoms with Gasteiger partial charge in [0.1, 0.15) is 5.75 Å². The molecule has 0 aromatic heterocycles. The van der Waals surface area contributed by atoms with E-state index >= 15 is 0 Å². The van der Waals surface area contributed by atoms with Crippen LogP contribution in [-0.4, -0.2) is 50.9 Å². The van der Waals surface area contributed by atoms with Crippen molar-refractivity contribution >= 4 is 19.1 Å². The maximum atomic E-state index is 12.9. The van der Waals surface area contributed by atoms with Crippen LogP contribution < -0.4 is 15.4 Å². The van der Waals surface area contributed by atoms with E-state index in [1.165, 1.54) is 12.8 Å². The van der Waals surface area contributed by atoms with Crippen LogP contribution in [0.3, 0.4) is 0 Å². The fraction of sp³-hybridized carbons (Fsp3) is 0.731. The van der Waals surface area contributed by atoms with E-state index in [-0.39, 0.29) is 30.5 Å². The monoisotopic (exact) mass is 494 g/mol. The SMILES string of the molecule is CCOP(=O)(CCNCC(=O)C1CNc2ccc(OC3CCC(C(C)(C)C)CC3)cc21)OCC. The van der Waals surface area contributed by atoms with E-state index < -0.39 is 7.60 Å². The van der Waals surface area contributed by atoms with E-state index in [0.717, 1.165) is 35.8 Å². The van der Waals surface area contributed by atoms with Crippen molar-refractivity contribution in [2.75, 3.05) is 44.3 Å². The van der Waals surface area contributed by atoms with Gasteiger partial charge in [0.25, 0.3) is 0 Å². The molecule has 0 amide bonds. The van der Waals surface area contributed by atoms with Crippen LogP contribution in [0.15, 0.2) is 18.2 Å². The minimum absolute atomic E-state index is 0.108. The highest BCUT2D eigenvalue weighted by Gasteiger charge is 2.32. The average Bonchev–Trinajstić information content (AvgIpc) is 3.20. The van der Waals surface area contributed by atoms with Crippen LogP contribution in [0, 0.1) is 11.3 Å². The van der Waals surface area contributed by atoms with Crippen LogP contribution >= 0.6 is 7.60 Å². The molecule has 2 N–H and O–H groups in total. The number of anilines is 1. The fourth-order valence-corrected chi connectivity index (χ4v) is 6.57. The molecule has 1 fully saturated rings. The molecular weight excluding hydrogens is 451 g/mol. The van der Waals surface area contributed by atoms with Crippen molar-refractivity contribution < 1.29 is 23.1 Å². The van der Waals surface area contributed by atoms with Gasteiger partial charge in [-0.15, -0.1) is 0 Å². The average molecular weight is 495 g/mol. The highest BCUT2D eigenvalue weighted by molar-refractivity contribution is 7.53. The highest BCUT2D eigenvalue weighted by Crippen LogP contribution is 2.47. The second-order valence-corrected chi connectivity index (χ2v) is 12.6. The fourth-order valence-electron chi connectivity index (χ4n) is 5.02. The van der Waals surface area contributed by atoms with Crippen LogP contribution in [0.4, 0.5) is 5.69 Å². The quantitative estimate of drug-likeness (QED) is 0.289. The Hall–Kier alpha value is -1.40. The van der Waals surface area contributed by atoms with Crippen molar-refractivity contribution in [3.63, 3.8) is 0 Å². The van der Waals surface area contributed by atoms with Crippen molar-refractivity contribution in [2.45, 2.75) is 72.3 Å². The zero-order chi connectivity index (χ0) is 24.8. The Bertz CT molecular complexity index is 851. The molecule has 1 aliphatic carbocycles. The molecule has 3 rings (SSSR count). The Morgan fingerprint density at radius 3 is 2.41 bits per heavy atom. The molecule has 1 saturated carbocycles. The molecule has 1 heterocycles. The topological polar surface area (TPSA) is 85.9 Å². The molecule has 0 bridgehead atoms. The summed E-state index contributed by atoms with van der Waals surface area (Å²) in [5, 5.41) is 6.46. The van der Waals surface area contributed by atoms with E-state index in [4.69, 9.17) is 13.8 Å². The first-order valence-corrected chi connectivity index (χ1v) is 14.5. The van der Waals surface area contributed by atoms with Crippen LogP contribution in [0.25, 0.3) is 0 Å². The Balaban J connectivity index is 1.51. The van der Waals surface area contributed by atoms with Crippen LogP contribution in [0.1, 0.15) is 71.8 Å². The highest BCUT2D eigenvalue weighted by atomic mass is 31.2. The normalized spacial score (nSPS) is 22.8. The van der Waals surface area contributed by atoms with Crippen LogP contribution in [0.5, 0.6) is 5.75 Å². The zero-order valence-electron chi connectivity index (χ0n) is 21.5. The van der Waals surface area contributed by atoms with E-state index in [1.54, 1.807) is 13.8 Å². The standard InChI is InChI=1S/C26H43N2O5P/c1-6-31-34(30,32-7-2)15-14-27-18-25(29)23-17-28-24-13-12-21(16-22(23)24)33-20-10-8-19(9-11-20)26(3,4)5/h12-13,16,19-20,23,27-28H,6-11,14-15,17-18H2,1-5H3.